The van der Waals surface area contributed by atoms with Gasteiger partial charge in [-0.15, -0.1) is 11.3 Å². The zero-order valence-electron chi connectivity index (χ0n) is 10.4. The number of fused-ring (bicyclic) bond motifs is 1. The molecule has 0 aliphatic carbocycles. The summed E-state index contributed by atoms with van der Waals surface area (Å²) < 4.78 is 0. The number of nitrogens with one attached hydrogen (secondary N) is 1. The van der Waals surface area contributed by atoms with Crippen LogP contribution in [-0.2, 0) is 0 Å². The molecule has 0 unspecified atom stereocenters. The molecule has 0 bridgehead atoms. The molecule has 3 aromatic rings. The fraction of sp³-hybridized carbons (Fsp3) is 0.0769. The molecule has 6 nitrogen and oxygen atoms in total. The number of nitrogens with zero attached hydrogens (tertiary/aromatic N) is 2. The van der Waals surface area contributed by atoms with Crippen LogP contribution >= 0.6 is 11.3 Å². The van der Waals surface area contributed by atoms with Gasteiger partial charge in [-0.2, -0.15) is 0 Å². The topological polar surface area (TPSA) is 95.9 Å². The van der Waals surface area contributed by atoms with Gasteiger partial charge in [0.2, 0.25) is 0 Å². The molecule has 100 valence electrons. The maximum atomic E-state index is 12.1. The highest BCUT2D eigenvalue weighted by Gasteiger charge is 2.18. The first-order valence-corrected chi connectivity index (χ1v) is 6.56. The summed E-state index contributed by atoms with van der Waals surface area (Å²) >= 11 is 1.00. The second-order valence-corrected chi connectivity index (χ2v) is 5.20. The van der Waals surface area contributed by atoms with E-state index in [-0.39, 0.29) is 10.4 Å². The summed E-state index contributed by atoms with van der Waals surface area (Å²) in [6, 6.07) is 3.51. The molecule has 0 aromatic carbocycles. The Morgan fingerprint density at radius 2 is 2.25 bits per heavy atom. The van der Waals surface area contributed by atoms with E-state index < -0.39 is 5.97 Å². The highest BCUT2D eigenvalue weighted by atomic mass is 32.1. The zero-order valence-corrected chi connectivity index (χ0v) is 11.2. The number of carboxylic acids is 1. The van der Waals surface area contributed by atoms with Crippen molar-refractivity contribution in [3.8, 4) is 11.4 Å². The van der Waals surface area contributed by atoms with Gasteiger partial charge in [-0.25, -0.2) is 9.78 Å². The molecule has 3 aromatic heterocycles. The largest absolute Gasteiger partial charge is 0.477 e. The van der Waals surface area contributed by atoms with E-state index >= 15 is 0 Å². The van der Waals surface area contributed by atoms with Crippen molar-refractivity contribution >= 4 is 27.5 Å². The summed E-state index contributed by atoms with van der Waals surface area (Å²) in [7, 11) is 0. The number of rotatable bonds is 2. The third kappa shape index (κ3) is 1.88. The quantitative estimate of drug-likeness (QED) is 0.752. The van der Waals surface area contributed by atoms with Gasteiger partial charge >= 0.3 is 5.97 Å². The minimum atomic E-state index is -1.05. The Labute approximate surface area is 116 Å². The average Bonchev–Trinajstić information content (AvgIpc) is 2.77. The van der Waals surface area contributed by atoms with E-state index in [1.807, 2.05) is 0 Å². The Kier molecular flexibility index (Phi) is 2.83. The molecule has 0 fully saturated rings. The monoisotopic (exact) mass is 287 g/mol. The SMILES string of the molecule is Cc1c(C(=O)O)sc2nc(-c3cccnc3)[nH]c(=O)c12. The van der Waals surface area contributed by atoms with Crippen LogP contribution in [0.2, 0.25) is 0 Å². The molecule has 3 heterocycles. The smallest absolute Gasteiger partial charge is 0.346 e. The van der Waals surface area contributed by atoms with Gasteiger partial charge in [0, 0.05) is 18.0 Å². The number of carbonyl (C=O) groups is 1. The summed E-state index contributed by atoms with van der Waals surface area (Å²) in [4.78, 5) is 34.8. The fourth-order valence-electron chi connectivity index (χ4n) is 1.99. The van der Waals surface area contributed by atoms with E-state index in [0.29, 0.717) is 27.2 Å². The van der Waals surface area contributed by atoms with Crippen molar-refractivity contribution in [2.45, 2.75) is 6.92 Å². The van der Waals surface area contributed by atoms with E-state index in [0.717, 1.165) is 11.3 Å². The number of pyridine rings is 1. The van der Waals surface area contributed by atoms with Crippen LogP contribution in [0.15, 0.2) is 29.3 Å². The molecule has 20 heavy (non-hydrogen) atoms. The number of aromatic nitrogens is 3. The molecule has 0 aliphatic rings. The van der Waals surface area contributed by atoms with Crippen LogP contribution in [-0.4, -0.2) is 26.0 Å². The third-order valence-electron chi connectivity index (χ3n) is 2.93. The molecule has 0 atom stereocenters. The number of hydrogen-bond donors (Lipinski definition) is 2. The normalized spacial score (nSPS) is 10.8. The van der Waals surface area contributed by atoms with Crippen molar-refractivity contribution < 1.29 is 9.90 Å². The fourth-order valence-corrected chi connectivity index (χ4v) is 3.01. The molecule has 0 aliphatic heterocycles. The van der Waals surface area contributed by atoms with E-state index in [9.17, 15) is 9.59 Å². The molecule has 7 heteroatoms. The van der Waals surface area contributed by atoms with Crippen molar-refractivity contribution in [1.82, 2.24) is 15.0 Å². The first kappa shape index (κ1) is 12.5. The Morgan fingerprint density at radius 3 is 2.90 bits per heavy atom. The van der Waals surface area contributed by atoms with Gasteiger partial charge in [0.1, 0.15) is 15.5 Å². The number of H-pyrrole nitrogens is 1. The van der Waals surface area contributed by atoms with Crippen LogP contribution < -0.4 is 5.56 Å². The van der Waals surface area contributed by atoms with Crippen LogP contribution in [0.3, 0.4) is 0 Å². The Bertz CT molecular complexity index is 868. The van der Waals surface area contributed by atoms with Crippen molar-refractivity contribution in [2.75, 3.05) is 0 Å². The van der Waals surface area contributed by atoms with Crippen LogP contribution in [0, 0.1) is 6.92 Å². The van der Waals surface area contributed by atoms with E-state index in [1.54, 1.807) is 31.5 Å². The van der Waals surface area contributed by atoms with Crippen LogP contribution in [0.25, 0.3) is 21.6 Å². The Hall–Kier alpha value is -2.54. The lowest BCUT2D eigenvalue weighted by Crippen LogP contribution is -2.09. The lowest BCUT2D eigenvalue weighted by molar-refractivity contribution is 0.0701. The van der Waals surface area contributed by atoms with Crippen LogP contribution in [0.1, 0.15) is 15.2 Å². The highest BCUT2D eigenvalue weighted by Crippen LogP contribution is 2.28. The molecule has 0 spiro atoms. The summed E-state index contributed by atoms with van der Waals surface area (Å²) in [6.07, 6.45) is 3.21. The predicted molar refractivity (Wildman–Crippen MR) is 75.2 cm³/mol. The molecule has 0 saturated heterocycles. The molecule has 3 rings (SSSR count). The van der Waals surface area contributed by atoms with Gasteiger partial charge in [0.05, 0.1) is 5.39 Å². The van der Waals surface area contributed by atoms with Gasteiger partial charge in [0.15, 0.2) is 0 Å². The Morgan fingerprint density at radius 1 is 1.45 bits per heavy atom. The Balaban J connectivity index is 2.31. The van der Waals surface area contributed by atoms with E-state index in [2.05, 4.69) is 15.0 Å². The molecule has 0 radical (unpaired) electrons. The van der Waals surface area contributed by atoms with Crippen LogP contribution in [0.4, 0.5) is 0 Å². The van der Waals surface area contributed by atoms with Crippen molar-refractivity contribution in [2.24, 2.45) is 0 Å². The summed E-state index contributed by atoms with van der Waals surface area (Å²) in [6.45, 7) is 1.61. The number of aryl methyl sites for hydroxylation is 1. The number of aromatic amines is 1. The van der Waals surface area contributed by atoms with Crippen molar-refractivity contribution in [3.63, 3.8) is 0 Å². The van der Waals surface area contributed by atoms with Gasteiger partial charge in [-0.05, 0) is 24.6 Å². The first-order chi connectivity index (χ1) is 9.58. The zero-order chi connectivity index (χ0) is 14.3. The second kappa shape index (κ2) is 4.53. The standard InChI is InChI=1S/C13H9N3O3S/c1-6-8-11(17)15-10(7-3-2-4-14-5-7)16-12(8)20-9(6)13(18)19/h2-5H,1H3,(H,18,19)(H,15,16,17). The van der Waals surface area contributed by atoms with E-state index in [4.69, 9.17) is 5.11 Å². The maximum Gasteiger partial charge on any atom is 0.346 e. The molecule has 0 saturated carbocycles. The predicted octanol–water partition coefficient (Wildman–Crippen LogP) is 2.05. The maximum absolute atomic E-state index is 12.1. The second-order valence-electron chi connectivity index (χ2n) is 4.20. The number of aromatic carboxylic acids is 1. The summed E-state index contributed by atoms with van der Waals surface area (Å²) in [5, 5.41) is 9.44. The van der Waals surface area contributed by atoms with Gasteiger partial charge in [-0.3, -0.25) is 9.78 Å². The number of carboxylic acid groups (broad SMARTS) is 1. The van der Waals surface area contributed by atoms with Crippen molar-refractivity contribution in [3.05, 3.63) is 45.3 Å². The van der Waals surface area contributed by atoms with Crippen LogP contribution in [0.5, 0.6) is 0 Å². The average molecular weight is 287 g/mol. The molecule has 2 N–H and O–H groups in total. The number of hydrogen-bond acceptors (Lipinski definition) is 5. The first-order valence-electron chi connectivity index (χ1n) is 5.75. The van der Waals surface area contributed by atoms with Gasteiger partial charge in [0.25, 0.3) is 5.56 Å². The minimum absolute atomic E-state index is 0.140. The molecule has 0 amide bonds. The summed E-state index contributed by atoms with van der Waals surface area (Å²) in [5.41, 5.74) is 0.786. The number of thiophene rings is 1. The molecular weight excluding hydrogens is 278 g/mol. The lowest BCUT2D eigenvalue weighted by Gasteiger charge is -1.99. The van der Waals surface area contributed by atoms with E-state index in [1.165, 1.54) is 0 Å². The highest BCUT2D eigenvalue weighted by molar-refractivity contribution is 7.20. The van der Waals surface area contributed by atoms with Crippen molar-refractivity contribution in [1.29, 1.82) is 0 Å². The van der Waals surface area contributed by atoms with Gasteiger partial charge < -0.3 is 10.1 Å². The van der Waals surface area contributed by atoms with Gasteiger partial charge in [-0.1, -0.05) is 0 Å². The lowest BCUT2D eigenvalue weighted by atomic mass is 10.2. The summed E-state index contributed by atoms with van der Waals surface area (Å²) in [5.74, 6) is -0.665. The minimum Gasteiger partial charge on any atom is -0.477 e. The third-order valence-corrected chi connectivity index (χ3v) is 4.10. The molecular formula is C13H9N3O3S.